The average molecular weight is 366 g/mol. The van der Waals surface area contributed by atoms with Gasteiger partial charge in [-0.15, -0.1) is 10.1 Å². The summed E-state index contributed by atoms with van der Waals surface area (Å²) in [6.45, 7) is 1.13. The first-order valence-corrected chi connectivity index (χ1v) is 8.88. The van der Waals surface area contributed by atoms with Gasteiger partial charge in [0.25, 0.3) is 5.09 Å². The van der Waals surface area contributed by atoms with Crippen molar-refractivity contribution in [2.24, 2.45) is 0 Å². The molecule has 0 radical (unpaired) electrons. The van der Waals surface area contributed by atoms with E-state index in [2.05, 4.69) is 9.56 Å². The number of sulfonamides is 1. The van der Waals surface area contributed by atoms with E-state index in [0.29, 0.717) is 5.56 Å². The first-order valence-electron chi connectivity index (χ1n) is 7.39. The Hall–Kier alpha value is -2.49. The van der Waals surface area contributed by atoms with Gasteiger partial charge < -0.3 is 9.94 Å². The summed E-state index contributed by atoms with van der Waals surface area (Å²) in [5, 5.41) is 19.4. The Morgan fingerprint density at radius 3 is 2.28 bits per heavy atom. The summed E-state index contributed by atoms with van der Waals surface area (Å²) >= 11 is 0. The number of aliphatic hydroxyl groups is 1. The van der Waals surface area contributed by atoms with Crippen LogP contribution < -0.4 is 4.72 Å². The molecule has 0 amide bonds. The smallest absolute Gasteiger partial charge is 0.295 e. The standard InChI is InChI=1S/C16H18N2O6S/c1-12-7-9-14(10-8-12)25(22,23)17-15(11-19)16(24-18(20)21)13-5-3-2-4-6-13/h2-10,15-17,19H,11H2,1H3/t15-,16+/m0/s1. The number of rotatable bonds is 8. The summed E-state index contributed by atoms with van der Waals surface area (Å²) in [6.07, 6.45) is -1.29. The minimum Gasteiger partial charge on any atom is -0.395 e. The number of hydrogen-bond donors (Lipinski definition) is 2. The Labute approximate surface area is 145 Å². The summed E-state index contributed by atoms with van der Waals surface area (Å²) < 4.78 is 27.2. The van der Waals surface area contributed by atoms with E-state index >= 15 is 0 Å². The van der Waals surface area contributed by atoms with Crippen LogP contribution in [0.5, 0.6) is 0 Å². The average Bonchev–Trinajstić information content (AvgIpc) is 2.59. The molecule has 9 heteroatoms. The maximum atomic E-state index is 12.5. The van der Waals surface area contributed by atoms with Crippen molar-refractivity contribution < 1.29 is 23.4 Å². The van der Waals surface area contributed by atoms with Crippen molar-refractivity contribution in [3.05, 3.63) is 75.8 Å². The lowest BCUT2D eigenvalue weighted by Gasteiger charge is -2.25. The van der Waals surface area contributed by atoms with Crippen LogP contribution in [0.3, 0.4) is 0 Å². The Morgan fingerprint density at radius 2 is 1.76 bits per heavy atom. The molecule has 2 aromatic carbocycles. The van der Waals surface area contributed by atoms with Gasteiger partial charge in [0.15, 0.2) is 6.10 Å². The van der Waals surface area contributed by atoms with Gasteiger partial charge in [-0.3, -0.25) is 0 Å². The molecule has 25 heavy (non-hydrogen) atoms. The normalized spacial score (nSPS) is 13.8. The van der Waals surface area contributed by atoms with Gasteiger partial charge in [0.05, 0.1) is 17.5 Å². The van der Waals surface area contributed by atoms with Gasteiger partial charge in [-0.1, -0.05) is 48.0 Å². The molecule has 134 valence electrons. The Bertz CT molecular complexity index is 808. The zero-order valence-electron chi connectivity index (χ0n) is 13.4. The SMILES string of the molecule is Cc1ccc(S(=O)(=O)N[C@@H](CO)[C@H](O[N+](=O)[O-])c2ccccc2)cc1. The van der Waals surface area contributed by atoms with Crippen LogP contribution in [0.15, 0.2) is 59.5 Å². The number of nitrogens with zero attached hydrogens (tertiary/aromatic N) is 1. The van der Waals surface area contributed by atoms with Gasteiger partial charge >= 0.3 is 0 Å². The van der Waals surface area contributed by atoms with Gasteiger partial charge in [-0.2, -0.15) is 0 Å². The summed E-state index contributed by atoms with van der Waals surface area (Å²) in [5.41, 5.74) is 1.25. The Kier molecular flexibility index (Phi) is 6.07. The van der Waals surface area contributed by atoms with Crippen LogP contribution in [0.25, 0.3) is 0 Å². The molecule has 0 aliphatic heterocycles. The highest BCUT2D eigenvalue weighted by atomic mass is 32.2. The first kappa shape index (κ1) is 18.8. The number of nitrogens with one attached hydrogen (secondary N) is 1. The molecule has 0 aliphatic rings. The topological polar surface area (TPSA) is 119 Å². The van der Waals surface area contributed by atoms with Crippen molar-refractivity contribution in [3.8, 4) is 0 Å². The van der Waals surface area contributed by atoms with E-state index in [1.54, 1.807) is 42.5 Å². The molecule has 2 atom stereocenters. The molecule has 8 nitrogen and oxygen atoms in total. The second-order valence-electron chi connectivity index (χ2n) is 5.38. The van der Waals surface area contributed by atoms with E-state index in [0.717, 1.165) is 5.56 Å². The molecular formula is C16H18N2O6S. The summed E-state index contributed by atoms with van der Waals surface area (Å²) in [7, 11) is -3.99. The molecule has 0 bridgehead atoms. The van der Waals surface area contributed by atoms with E-state index in [-0.39, 0.29) is 4.90 Å². The van der Waals surface area contributed by atoms with Crippen LogP contribution >= 0.6 is 0 Å². The molecule has 0 heterocycles. The van der Waals surface area contributed by atoms with Gasteiger partial charge in [0.2, 0.25) is 10.0 Å². The quantitative estimate of drug-likeness (QED) is 0.541. The fraction of sp³-hybridized carbons (Fsp3) is 0.250. The van der Waals surface area contributed by atoms with E-state index in [9.17, 15) is 23.6 Å². The van der Waals surface area contributed by atoms with Crippen LogP contribution in [0.4, 0.5) is 0 Å². The Balaban J connectivity index is 2.31. The highest BCUT2D eigenvalue weighted by Crippen LogP contribution is 2.23. The fourth-order valence-corrected chi connectivity index (χ4v) is 3.51. The van der Waals surface area contributed by atoms with E-state index in [1.165, 1.54) is 12.1 Å². The molecule has 0 saturated carbocycles. The number of hydrogen-bond acceptors (Lipinski definition) is 6. The van der Waals surface area contributed by atoms with Crippen molar-refractivity contribution in [1.29, 1.82) is 0 Å². The summed E-state index contributed by atoms with van der Waals surface area (Å²) in [4.78, 5) is 15.4. The maximum Gasteiger partial charge on any atom is 0.295 e. The third-order valence-corrected chi connectivity index (χ3v) is 5.03. The molecule has 0 unspecified atom stereocenters. The predicted octanol–water partition coefficient (Wildman–Crippen LogP) is 1.58. The molecule has 0 spiro atoms. The van der Waals surface area contributed by atoms with Crippen LogP contribution in [-0.2, 0) is 14.9 Å². The zero-order valence-corrected chi connectivity index (χ0v) is 14.2. The minimum atomic E-state index is -3.99. The van der Waals surface area contributed by atoms with Gasteiger partial charge in [-0.25, -0.2) is 13.1 Å². The largest absolute Gasteiger partial charge is 0.395 e. The lowest BCUT2D eigenvalue weighted by Crippen LogP contribution is -2.43. The predicted molar refractivity (Wildman–Crippen MR) is 89.6 cm³/mol. The monoisotopic (exact) mass is 366 g/mol. The van der Waals surface area contributed by atoms with Gasteiger partial charge in [-0.05, 0) is 24.6 Å². The maximum absolute atomic E-state index is 12.5. The van der Waals surface area contributed by atoms with Crippen LogP contribution in [-0.4, -0.2) is 31.3 Å². The van der Waals surface area contributed by atoms with Crippen LogP contribution in [0.1, 0.15) is 17.2 Å². The minimum absolute atomic E-state index is 0.00975. The van der Waals surface area contributed by atoms with Gasteiger partial charge in [0.1, 0.15) is 0 Å². The number of benzene rings is 2. The summed E-state index contributed by atoms with van der Waals surface area (Å²) in [6, 6.07) is 12.9. The van der Waals surface area contributed by atoms with Gasteiger partial charge in [0, 0.05) is 0 Å². The van der Waals surface area contributed by atoms with E-state index in [4.69, 9.17) is 0 Å². The first-order chi connectivity index (χ1) is 11.8. The highest BCUT2D eigenvalue weighted by Gasteiger charge is 2.30. The zero-order chi connectivity index (χ0) is 18.4. The molecule has 2 rings (SSSR count). The lowest BCUT2D eigenvalue weighted by atomic mass is 10.0. The second kappa shape index (κ2) is 8.06. The third kappa shape index (κ3) is 4.99. The van der Waals surface area contributed by atoms with Crippen molar-refractivity contribution in [2.45, 2.75) is 24.0 Å². The molecular weight excluding hydrogens is 348 g/mol. The summed E-state index contributed by atoms with van der Waals surface area (Å²) in [5.74, 6) is 0. The van der Waals surface area contributed by atoms with Crippen molar-refractivity contribution in [1.82, 2.24) is 4.72 Å². The fourth-order valence-electron chi connectivity index (χ4n) is 2.28. The molecule has 0 fully saturated rings. The van der Waals surface area contributed by atoms with Crippen LogP contribution in [0.2, 0.25) is 0 Å². The third-order valence-electron chi connectivity index (χ3n) is 3.53. The lowest BCUT2D eigenvalue weighted by molar-refractivity contribution is -0.771. The number of aliphatic hydroxyl groups excluding tert-OH is 1. The molecule has 0 aromatic heterocycles. The van der Waals surface area contributed by atoms with E-state index < -0.39 is 33.9 Å². The van der Waals surface area contributed by atoms with E-state index in [1.807, 2.05) is 6.92 Å². The molecule has 0 aliphatic carbocycles. The Morgan fingerprint density at radius 1 is 1.16 bits per heavy atom. The highest BCUT2D eigenvalue weighted by molar-refractivity contribution is 7.89. The molecule has 2 N–H and O–H groups in total. The van der Waals surface area contributed by atoms with Crippen LogP contribution in [0, 0.1) is 17.0 Å². The second-order valence-corrected chi connectivity index (χ2v) is 7.10. The van der Waals surface area contributed by atoms with Crippen molar-refractivity contribution >= 4 is 10.0 Å². The number of aryl methyl sites for hydroxylation is 1. The van der Waals surface area contributed by atoms with Crippen molar-refractivity contribution in [3.63, 3.8) is 0 Å². The van der Waals surface area contributed by atoms with Crippen molar-refractivity contribution in [2.75, 3.05) is 6.61 Å². The molecule has 0 saturated heterocycles. The molecule has 2 aromatic rings.